The van der Waals surface area contributed by atoms with E-state index in [0.717, 1.165) is 42.1 Å². The molecule has 3 rings (SSSR count). The van der Waals surface area contributed by atoms with Crippen molar-refractivity contribution in [3.8, 4) is 0 Å². The molecule has 0 fully saturated rings. The van der Waals surface area contributed by atoms with Gasteiger partial charge in [0.25, 0.3) is 0 Å². The van der Waals surface area contributed by atoms with E-state index < -0.39 is 0 Å². The van der Waals surface area contributed by atoms with Crippen molar-refractivity contribution in [3.63, 3.8) is 0 Å². The molecule has 2 aromatic carbocycles. The summed E-state index contributed by atoms with van der Waals surface area (Å²) in [6.07, 6.45) is 1.13. The van der Waals surface area contributed by atoms with Gasteiger partial charge in [-0.3, -0.25) is 0 Å². The number of nitrogens with zero attached hydrogens (tertiary/aromatic N) is 2. The van der Waals surface area contributed by atoms with Gasteiger partial charge < -0.3 is 9.80 Å². The van der Waals surface area contributed by atoms with Crippen LogP contribution in [0.1, 0.15) is 25.8 Å². The van der Waals surface area contributed by atoms with Gasteiger partial charge in [-0.15, -0.1) is 0 Å². The number of hydrogen-bond donors (Lipinski definition) is 0. The molecule has 22 heavy (non-hydrogen) atoms. The van der Waals surface area contributed by atoms with Crippen molar-refractivity contribution in [2.24, 2.45) is 0 Å². The van der Waals surface area contributed by atoms with Gasteiger partial charge in [-0.05, 0) is 43.6 Å². The molecule has 116 valence electrons. The van der Waals surface area contributed by atoms with E-state index in [9.17, 15) is 0 Å². The molecule has 0 radical (unpaired) electrons. The van der Waals surface area contributed by atoms with Crippen molar-refractivity contribution in [1.82, 2.24) is 4.90 Å². The number of rotatable bonds is 6. The van der Waals surface area contributed by atoms with Crippen LogP contribution < -0.4 is 4.90 Å². The fraction of sp³-hybridized carbons (Fsp3) is 0.389. The molecule has 0 N–H and O–H groups in total. The van der Waals surface area contributed by atoms with Gasteiger partial charge in [0.15, 0.2) is 0 Å². The van der Waals surface area contributed by atoms with Crippen LogP contribution >= 0.6 is 28.1 Å². The fourth-order valence-corrected chi connectivity index (χ4v) is 4.05. The molecule has 1 heterocycles. The van der Waals surface area contributed by atoms with Gasteiger partial charge >= 0.3 is 0 Å². The maximum atomic E-state index is 5.73. The average molecular weight is 377 g/mol. The summed E-state index contributed by atoms with van der Waals surface area (Å²) in [6, 6.07) is 10.7. The summed E-state index contributed by atoms with van der Waals surface area (Å²) in [7, 11) is 0. The summed E-state index contributed by atoms with van der Waals surface area (Å²) in [6.45, 7) is 8.78. The minimum atomic E-state index is 0.971. The fourth-order valence-electron chi connectivity index (χ4n) is 3.22. The first-order chi connectivity index (χ1) is 10.7. The van der Waals surface area contributed by atoms with Gasteiger partial charge in [-0.25, -0.2) is 0 Å². The van der Waals surface area contributed by atoms with Crippen molar-refractivity contribution >= 4 is 49.6 Å². The second-order valence-electron chi connectivity index (χ2n) is 5.63. The Labute approximate surface area is 146 Å². The quantitative estimate of drug-likeness (QED) is 0.666. The topological polar surface area (TPSA) is 6.48 Å². The molecule has 0 aromatic heterocycles. The highest BCUT2D eigenvalue weighted by molar-refractivity contribution is 9.10. The van der Waals surface area contributed by atoms with Gasteiger partial charge in [-0.2, -0.15) is 0 Å². The zero-order valence-corrected chi connectivity index (χ0v) is 15.5. The minimum absolute atomic E-state index is 0.971. The third-order valence-electron chi connectivity index (χ3n) is 4.48. The zero-order chi connectivity index (χ0) is 15.7. The van der Waals surface area contributed by atoms with Crippen molar-refractivity contribution in [2.75, 3.05) is 31.1 Å². The molecule has 2 aromatic rings. The third-order valence-corrected chi connectivity index (χ3v) is 5.61. The summed E-state index contributed by atoms with van der Waals surface area (Å²) >= 11 is 9.39. The Hall–Kier alpha value is -0.970. The van der Waals surface area contributed by atoms with E-state index >= 15 is 0 Å². The van der Waals surface area contributed by atoms with E-state index in [0.29, 0.717) is 0 Å². The van der Waals surface area contributed by atoms with E-state index in [2.05, 4.69) is 69.9 Å². The van der Waals surface area contributed by atoms with Gasteiger partial charge in [0.1, 0.15) is 4.99 Å². The molecule has 4 heteroatoms. The van der Waals surface area contributed by atoms with Crippen LogP contribution in [0, 0.1) is 0 Å². The molecule has 0 aliphatic carbocycles. The first kappa shape index (κ1) is 15.9. The molecule has 0 spiro atoms. The van der Waals surface area contributed by atoms with Crippen LogP contribution in [0.3, 0.4) is 0 Å². The highest BCUT2D eigenvalue weighted by Crippen LogP contribution is 2.40. The van der Waals surface area contributed by atoms with Crippen LogP contribution in [-0.2, 0) is 0 Å². The van der Waals surface area contributed by atoms with Gasteiger partial charge in [-0.1, -0.05) is 60.2 Å². The smallest absolute Gasteiger partial charge is 0.114 e. The van der Waals surface area contributed by atoms with Crippen LogP contribution in [0.25, 0.3) is 10.8 Å². The van der Waals surface area contributed by atoms with Crippen molar-refractivity contribution in [3.05, 3.63) is 40.4 Å². The number of hydrogen-bond acceptors (Lipinski definition) is 2. The summed E-state index contributed by atoms with van der Waals surface area (Å²) in [5, 5.41) is 2.55. The maximum absolute atomic E-state index is 5.73. The monoisotopic (exact) mass is 376 g/mol. The first-order valence-electron chi connectivity index (χ1n) is 7.92. The summed E-state index contributed by atoms with van der Waals surface area (Å²) in [4.78, 5) is 5.74. The number of halogens is 1. The Morgan fingerprint density at radius 3 is 2.64 bits per heavy atom. The van der Waals surface area contributed by atoms with Crippen molar-refractivity contribution in [2.45, 2.75) is 20.3 Å². The Morgan fingerprint density at radius 2 is 1.91 bits per heavy atom. The van der Waals surface area contributed by atoms with Gasteiger partial charge in [0, 0.05) is 22.0 Å². The van der Waals surface area contributed by atoms with Crippen LogP contribution in [0.4, 0.5) is 5.69 Å². The number of benzene rings is 2. The Kier molecular flexibility index (Phi) is 4.81. The van der Waals surface area contributed by atoms with Gasteiger partial charge in [0.05, 0.1) is 5.69 Å². The highest BCUT2D eigenvalue weighted by atomic mass is 79.9. The van der Waals surface area contributed by atoms with E-state index in [1.807, 2.05) is 0 Å². The van der Waals surface area contributed by atoms with E-state index in [4.69, 9.17) is 12.2 Å². The predicted molar refractivity (Wildman–Crippen MR) is 103 cm³/mol. The second-order valence-corrected chi connectivity index (χ2v) is 6.87. The molecule has 0 unspecified atom stereocenters. The zero-order valence-electron chi connectivity index (χ0n) is 13.1. The van der Waals surface area contributed by atoms with Crippen LogP contribution in [0.5, 0.6) is 0 Å². The lowest BCUT2D eigenvalue weighted by Crippen LogP contribution is -2.31. The lowest BCUT2D eigenvalue weighted by atomic mass is 10.1. The highest BCUT2D eigenvalue weighted by Gasteiger charge is 2.26. The molecular weight excluding hydrogens is 356 g/mol. The molecule has 0 bridgehead atoms. The molecular formula is C18H21BrN2S. The number of anilines is 1. The SMILES string of the molecule is CCN(CC)CCCN1C(=S)c2cccc3c(Br)ccc1c23. The molecule has 1 aliphatic rings. The first-order valence-corrected chi connectivity index (χ1v) is 9.13. The Morgan fingerprint density at radius 1 is 1.14 bits per heavy atom. The molecule has 2 nitrogen and oxygen atoms in total. The standard InChI is InChI=1S/C18H21BrN2S/c1-3-20(4-2)11-6-12-21-16-10-9-15(19)13-7-5-8-14(17(13)16)18(21)22/h5,7-10H,3-4,6,11-12H2,1-2H3. The van der Waals surface area contributed by atoms with Gasteiger partial charge in [0.2, 0.25) is 0 Å². The Bertz CT molecular complexity index is 710. The minimum Gasteiger partial charge on any atom is -0.332 e. The van der Waals surface area contributed by atoms with E-state index in [-0.39, 0.29) is 0 Å². The molecule has 0 amide bonds. The second kappa shape index (κ2) is 6.65. The summed E-state index contributed by atoms with van der Waals surface area (Å²) in [5.74, 6) is 0. The summed E-state index contributed by atoms with van der Waals surface area (Å²) in [5.41, 5.74) is 2.46. The van der Waals surface area contributed by atoms with Crippen LogP contribution in [0.15, 0.2) is 34.8 Å². The normalized spacial score (nSPS) is 13.6. The number of thiocarbonyl (C=S) groups is 1. The van der Waals surface area contributed by atoms with Crippen molar-refractivity contribution < 1.29 is 0 Å². The van der Waals surface area contributed by atoms with Crippen LogP contribution in [0.2, 0.25) is 0 Å². The lowest BCUT2D eigenvalue weighted by Gasteiger charge is -2.23. The Balaban J connectivity index is 1.85. The average Bonchev–Trinajstić information content (AvgIpc) is 2.82. The largest absolute Gasteiger partial charge is 0.332 e. The predicted octanol–water partition coefficient (Wildman–Crippen LogP) is 4.83. The molecule has 0 atom stereocenters. The summed E-state index contributed by atoms with van der Waals surface area (Å²) < 4.78 is 1.14. The van der Waals surface area contributed by atoms with Crippen molar-refractivity contribution in [1.29, 1.82) is 0 Å². The van der Waals surface area contributed by atoms with Crippen LogP contribution in [-0.4, -0.2) is 36.1 Å². The van der Waals surface area contributed by atoms with E-state index in [1.165, 1.54) is 22.0 Å². The molecule has 1 aliphatic heterocycles. The molecule has 0 saturated carbocycles. The van der Waals surface area contributed by atoms with E-state index in [1.54, 1.807) is 0 Å². The maximum Gasteiger partial charge on any atom is 0.114 e. The molecule has 0 saturated heterocycles. The third kappa shape index (κ3) is 2.68. The lowest BCUT2D eigenvalue weighted by molar-refractivity contribution is 0.302.